The highest BCUT2D eigenvalue weighted by Crippen LogP contribution is 1.74. The van der Waals surface area contributed by atoms with Crippen molar-refractivity contribution in [1.82, 2.24) is 0 Å². The predicted octanol–water partition coefficient (Wildman–Crippen LogP) is -0.701. The van der Waals surface area contributed by atoms with Crippen LogP contribution in [0.5, 0.6) is 0 Å². The molecule has 0 unspecified atom stereocenters. The van der Waals surface area contributed by atoms with Gasteiger partial charge in [-0.2, -0.15) is 0 Å². The van der Waals surface area contributed by atoms with Crippen LogP contribution in [0.3, 0.4) is 0 Å². The van der Waals surface area contributed by atoms with Crippen LogP contribution in [-0.4, -0.2) is 25.7 Å². The second kappa shape index (κ2) is 6.29. The first kappa shape index (κ1) is 9.17. The molecule has 0 aromatic heterocycles. The van der Waals surface area contributed by atoms with Gasteiger partial charge in [0.05, 0.1) is 6.54 Å². The molecule has 0 saturated heterocycles. The number of hydrogen-bond donors (Lipinski definition) is 1. The van der Waals surface area contributed by atoms with Gasteiger partial charge in [-0.05, 0) is 6.92 Å². The van der Waals surface area contributed by atoms with Crippen molar-refractivity contribution in [1.29, 1.82) is 0 Å². The number of carbonyl (C=O) groups excluding carboxylic acids is 1. The molecule has 0 aromatic carbocycles. The van der Waals surface area contributed by atoms with E-state index in [0.717, 1.165) is 13.1 Å². The van der Waals surface area contributed by atoms with Crippen LogP contribution in [0.25, 0.3) is 0 Å². The summed E-state index contributed by atoms with van der Waals surface area (Å²) in [5.41, 5.74) is 0. The van der Waals surface area contributed by atoms with Gasteiger partial charge in [-0.1, -0.05) is 6.58 Å². The quantitative estimate of drug-likeness (QED) is 0.315. The highest BCUT2D eigenvalue weighted by Gasteiger charge is 1.93. The summed E-state index contributed by atoms with van der Waals surface area (Å²) < 4.78 is 4.70. The van der Waals surface area contributed by atoms with Crippen LogP contribution in [0.1, 0.15) is 6.92 Å². The van der Waals surface area contributed by atoms with Crippen molar-refractivity contribution in [3.8, 4) is 0 Å². The van der Waals surface area contributed by atoms with E-state index in [1.807, 2.05) is 0 Å². The molecule has 0 amide bonds. The summed E-state index contributed by atoms with van der Waals surface area (Å²) in [6.07, 6.45) is 1.17. The first-order valence-corrected chi connectivity index (χ1v) is 3.42. The third kappa shape index (κ3) is 5.31. The molecule has 3 nitrogen and oxygen atoms in total. The largest absolute Gasteiger partial charge is 0.457 e. The summed E-state index contributed by atoms with van der Waals surface area (Å²) in [7, 11) is 0. The number of quaternary nitrogens is 1. The van der Waals surface area contributed by atoms with Gasteiger partial charge in [0.15, 0.2) is 0 Å². The maximum Gasteiger partial charge on any atom is 0.330 e. The predicted molar refractivity (Wildman–Crippen MR) is 38.5 cm³/mol. The van der Waals surface area contributed by atoms with E-state index in [2.05, 4.69) is 18.8 Å². The molecule has 0 saturated carbocycles. The lowest BCUT2D eigenvalue weighted by molar-refractivity contribution is -0.652. The van der Waals surface area contributed by atoms with Gasteiger partial charge in [-0.25, -0.2) is 4.79 Å². The van der Waals surface area contributed by atoms with E-state index in [1.54, 1.807) is 0 Å². The van der Waals surface area contributed by atoms with Crippen LogP contribution < -0.4 is 5.32 Å². The number of esters is 1. The number of rotatable bonds is 5. The molecule has 0 aliphatic rings. The molecule has 10 heavy (non-hydrogen) atoms. The summed E-state index contributed by atoms with van der Waals surface area (Å²) in [5, 5.41) is 2.07. The van der Waals surface area contributed by atoms with E-state index in [9.17, 15) is 4.79 Å². The molecule has 0 radical (unpaired) electrons. The Morgan fingerprint density at radius 3 is 3.00 bits per heavy atom. The fourth-order valence-corrected chi connectivity index (χ4v) is 0.506. The van der Waals surface area contributed by atoms with E-state index in [4.69, 9.17) is 4.74 Å². The summed E-state index contributed by atoms with van der Waals surface area (Å²) in [6, 6.07) is 0. The zero-order valence-corrected chi connectivity index (χ0v) is 6.30. The topological polar surface area (TPSA) is 42.9 Å². The maximum atomic E-state index is 10.4. The Hall–Kier alpha value is -0.830. The lowest BCUT2D eigenvalue weighted by atomic mass is 10.6. The van der Waals surface area contributed by atoms with E-state index >= 15 is 0 Å². The maximum absolute atomic E-state index is 10.4. The van der Waals surface area contributed by atoms with E-state index in [1.165, 1.54) is 6.08 Å². The van der Waals surface area contributed by atoms with Crippen molar-refractivity contribution in [3.05, 3.63) is 12.7 Å². The molecule has 0 atom stereocenters. The zero-order chi connectivity index (χ0) is 7.82. The molecule has 0 spiro atoms. The normalized spacial score (nSPS) is 8.90. The third-order valence-corrected chi connectivity index (χ3v) is 1.02. The fourth-order valence-electron chi connectivity index (χ4n) is 0.506. The second-order valence-corrected chi connectivity index (χ2v) is 1.86. The van der Waals surface area contributed by atoms with Crippen LogP contribution in [0.15, 0.2) is 12.7 Å². The van der Waals surface area contributed by atoms with Crippen LogP contribution in [-0.2, 0) is 9.53 Å². The standard InChI is InChI=1S/C7H13NO2/c1-3-7(9)10-6-5-8-4-2/h3,8H,1,4-6H2,2H3/p+1. The summed E-state index contributed by atoms with van der Waals surface area (Å²) in [6.45, 7) is 7.65. The summed E-state index contributed by atoms with van der Waals surface area (Å²) in [4.78, 5) is 10.4. The average molecular weight is 144 g/mol. The van der Waals surface area contributed by atoms with Gasteiger partial charge in [0.1, 0.15) is 13.2 Å². The van der Waals surface area contributed by atoms with Crippen molar-refractivity contribution < 1.29 is 14.8 Å². The van der Waals surface area contributed by atoms with Gasteiger partial charge in [-0.3, -0.25) is 0 Å². The minimum atomic E-state index is -0.343. The number of nitrogens with two attached hydrogens (primary N) is 1. The van der Waals surface area contributed by atoms with Gasteiger partial charge in [-0.15, -0.1) is 0 Å². The SMILES string of the molecule is C=CC(=O)OCC[NH2+]CC. The third-order valence-electron chi connectivity index (χ3n) is 1.02. The molecular formula is C7H14NO2+. The monoisotopic (exact) mass is 144 g/mol. The highest BCUT2D eigenvalue weighted by atomic mass is 16.5. The molecule has 0 bridgehead atoms. The smallest absolute Gasteiger partial charge is 0.330 e. The molecule has 0 aromatic rings. The van der Waals surface area contributed by atoms with E-state index in [0.29, 0.717) is 6.61 Å². The molecule has 0 fully saturated rings. The lowest BCUT2D eigenvalue weighted by Crippen LogP contribution is -2.84. The number of likely N-dealkylation sites (N-methyl/N-ethyl adjacent to an activating group) is 1. The van der Waals surface area contributed by atoms with Crippen molar-refractivity contribution >= 4 is 5.97 Å². The van der Waals surface area contributed by atoms with Crippen LogP contribution in [0, 0.1) is 0 Å². The molecule has 58 valence electrons. The van der Waals surface area contributed by atoms with Gasteiger partial charge < -0.3 is 10.1 Å². The second-order valence-electron chi connectivity index (χ2n) is 1.86. The molecular weight excluding hydrogens is 130 g/mol. The molecule has 0 rings (SSSR count). The Balaban J connectivity index is 3.03. The molecule has 2 N–H and O–H groups in total. The Morgan fingerprint density at radius 2 is 2.50 bits per heavy atom. The van der Waals surface area contributed by atoms with Crippen LogP contribution in [0.4, 0.5) is 0 Å². The van der Waals surface area contributed by atoms with E-state index in [-0.39, 0.29) is 5.97 Å². The Morgan fingerprint density at radius 1 is 1.80 bits per heavy atom. The van der Waals surface area contributed by atoms with Crippen LogP contribution >= 0.6 is 0 Å². The van der Waals surface area contributed by atoms with Crippen molar-refractivity contribution in [2.24, 2.45) is 0 Å². The minimum absolute atomic E-state index is 0.343. The average Bonchev–Trinajstić information content (AvgIpc) is 1.98. The van der Waals surface area contributed by atoms with E-state index < -0.39 is 0 Å². The Bertz CT molecular complexity index is 112. The highest BCUT2D eigenvalue weighted by molar-refractivity contribution is 5.81. The van der Waals surface area contributed by atoms with Gasteiger partial charge >= 0.3 is 5.97 Å². The molecule has 3 heteroatoms. The van der Waals surface area contributed by atoms with Gasteiger partial charge in [0.25, 0.3) is 0 Å². The minimum Gasteiger partial charge on any atom is -0.457 e. The van der Waals surface area contributed by atoms with Crippen molar-refractivity contribution in [3.63, 3.8) is 0 Å². The summed E-state index contributed by atoms with van der Waals surface area (Å²) >= 11 is 0. The Labute approximate surface area is 61.1 Å². The molecule has 0 heterocycles. The fraction of sp³-hybridized carbons (Fsp3) is 0.571. The van der Waals surface area contributed by atoms with Crippen LogP contribution in [0.2, 0.25) is 0 Å². The number of ether oxygens (including phenoxy) is 1. The van der Waals surface area contributed by atoms with Gasteiger partial charge in [0, 0.05) is 6.08 Å². The molecule has 0 aliphatic heterocycles. The summed E-state index contributed by atoms with van der Waals surface area (Å²) in [5.74, 6) is -0.343. The number of hydrogen-bond acceptors (Lipinski definition) is 2. The first-order valence-electron chi connectivity index (χ1n) is 3.42. The first-order chi connectivity index (χ1) is 4.81. The van der Waals surface area contributed by atoms with Crippen molar-refractivity contribution in [2.75, 3.05) is 19.7 Å². The zero-order valence-electron chi connectivity index (χ0n) is 6.30. The molecule has 0 aliphatic carbocycles. The number of carbonyl (C=O) groups is 1. The van der Waals surface area contributed by atoms with Crippen molar-refractivity contribution in [2.45, 2.75) is 6.92 Å². The Kier molecular flexibility index (Phi) is 5.77. The van der Waals surface area contributed by atoms with Gasteiger partial charge in [0.2, 0.25) is 0 Å². The lowest BCUT2D eigenvalue weighted by Gasteiger charge is -1.98.